The molecule has 0 atom stereocenters. The Morgan fingerprint density at radius 3 is 2.77 bits per heavy atom. The first kappa shape index (κ1) is 20.0. The van der Waals surface area contributed by atoms with E-state index in [-0.39, 0.29) is 11.3 Å². The Hall–Kier alpha value is -2.27. The van der Waals surface area contributed by atoms with Crippen molar-refractivity contribution in [1.82, 2.24) is 10.4 Å². The molecule has 0 bridgehead atoms. The van der Waals surface area contributed by atoms with Crippen molar-refractivity contribution in [1.29, 1.82) is 0 Å². The van der Waals surface area contributed by atoms with E-state index in [0.717, 1.165) is 32.4 Å². The lowest BCUT2D eigenvalue weighted by Crippen LogP contribution is -2.32. The Kier molecular flexibility index (Phi) is 7.73. The van der Waals surface area contributed by atoms with Crippen molar-refractivity contribution in [3.63, 3.8) is 0 Å². The van der Waals surface area contributed by atoms with Gasteiger partial charge in [-0.3, -0.25) is 4.79 Å². The smallest absolute Gasteiger partial charge is 0.157 e. The second-order valence-corrected chi connectivity index (χ2v) is 6.08. The SMILES string of the molecule is CC.CCN1NCC=C1C1=C(COc2cccc(O)c2C=O)CCCC1. The number of phenols is 1. The quantitative estimate of drug-likeness (QED) is 0.746. The minimum atomic E-state index is -0.0415. The summed E-state index contributed by atoms with van der Waals surface area (Å²) in [5, 5.41) is 12.0. The topological polar surface area (TPSA) is 61.8 Å². The van der Waals surface area contributed by atoms with E-state index in [1.54, 1.807) is 12.1 Å². The van der Waals surface area contributed by atoms with Crippen molar-refractivity contribution in [2.45, 2.75) is 46.5 Å². The number of rotatable bonds is 6. The molecule has 3 rings (SSSR count). The van der Waals surface area contributed by atoms with Gasteiger partial charge in [0.2, 0.25) is 0 Å². The van der Waals surface area contributed by atoms with Crippen LogP contribution < -0.4 is 10.2 Å². The number of aromatic hydroxyl groups is 1. The first-order valence-electron chi connectivity index (χ1n) is 9.57. The van der Waals surface area contributed by atoms with Gasteiger partial charge in [-0.1, -0.05) is 19.9 Å². The molecule has 142 valence electrons. The molecule has 0 aromatic heterocycles. The standard InChI is InChI=1S/C19H24N2O3.C2H6/c1-2-21-17(10-11-20-21)15-7-4-3-6-14(15)13-24-19-9-5-8-18(23)16(19)12-22;1-2/h5,8-10,12,20,23H,2-4,6-7,11,13H2,1H3;1-2H3. The van der Waals surface area contributed by atoms with E-state index in [4.69, 9.17) is 4.74 Å². The molecule has 5 nitrogen and oxygen atoms in total. The van der Waals surface area contributed by atoms with Gasteiger partial charge in [-0.05, 0) is 62.0 Å². The summed E-state index contributed by atoms with van der Waals surface area (Å²) in [6.45, 7) is 8.37. The van der Waals surface area contributed by atoms with Gasteiger partial charge in [0.05, 0.1) is 11.3 Å². The number of ether oxygens (including phenoxy) is 1. The van der Waals surface area contributed by atoms with Crippen molar-refractivity contribution in [3.8, 4) is 11.5 Å². The molecule has 1 aromatic carbocycles. The molecule has 1 heterocycles. The summed E-state index contributed by atoms with van der Waals surface area (Å²) in [5.41, 5.74) is 7.49. The van der Waals surface area contributed by atoms with Gasteiger partial charge in [-0.2, -0.15) is 0 Å². The van der Waals surface area contributed by atoms with Crippen molar-refractivity contribution >= 4 is 6.29 Å². The highest BCUT2D eigenvalue weighted by molar-refractivity contribution is 5.83. The molecule has 0 fully saturated rings. The lowest BCUT2D eigenvalue weighted by molar-refractivity contribution is 0.111. The third kappa shape index (κ3) is 4.47. The molecule has 0 spiro atoms. The van der Waals surface area contributed by atoms with Crippen LogP contribution in [-0.2, 0) is 0 Å². The molecule has 5 heteroatoms. The number of hydrogen-bond acceptors (Lipinski definition) is 5. The Morgan fingerprint density at radius 2 is 2.04 bits per heavy atom. The van der Waals surface area contributed by atoms with Gasteiger partial charge in [0.1, 0.15) is 18.1 Å². The van der Waals surface area contributed by atoms with E-state index in [1.807, 2.05) is 13.8 Å². The number of allylic oxidation sites excluding steroid dienone is 1. The van der Waals surface area contributed by atoms with Crippen LogP contribution in [0.5, 0.6) is 11.5 Å². The van der Waals surface area contributed by atoms with Gasteiger partial charge in [0.25, 0.3) is 0 Å². The summed E-state index contributed by atoms with van der Waals surface area (Å²) < 4.78 is 5.89. The number of hydrogen-bond donors (Lipinski definition) is 2. The second kappa shape index (κ2) is 10.0. The zero-order valence-electron chi connectivity index (χ0n) is 16.0. The van der Waals surface area contributed by atoms with Gasteiger partial charge in [-0.25, -0.2) is 5.43 Å². The third-order valence-electron chi connectivity index (χ3n) is 4.64. The molecule has 1 aromatic rings. The highest BCUT2D eigenvalue weighted by Crippen LogP contribution is 2.33. The van der Waals surface area contributed by atoms with Crippen molar-refractivity contribution < 1.29 is 14.6 Å². The normalized spacial score (nSPS) is 16.7. The number of aldehydes is 1. The molecule has 1 aliphatic carbocycles. The summed E-state index contributed by atoms with van der Waals surface area (Å²) in [6.07, 6.45) is 7.30. The van der Waals surface area contributed by atoms with Crippen LogP contribution in [0.2, 0.25) is 0 Å². The average molecular weight is 358 g/mol. The minimum absolute atomic E-state index is 0.0415. The van der Waals surface area contributed by atoms with Crippen LogP contribution in [0.25, 0.3) is 0 Å². The zero-order chi connectivity index (χ0) is 18.9. The summed E-state index contributed by atoms with van der Waals surface area (Å²) in [7, 11) is 0. The van der Waals surface area contributed by atoms with Crippen LogP contribution in [0, 0.1) is 0 Å². The first-order chi connectivity index (χ1) is 12.7. The van der Waals surface area contributed by atoms with Crippen LogP contribution in [0.4, 0.5) is 0 Å². The van der Waals surface area contributed by atoms with E-state index in [1.165, 1.54) is 29.3 Å². The minimum Gasteiger partial charge on any atom is -0.507 e. The Bertz CT molecular complexity index is 680. The van der Waals surface area contributed by atoms with Crippen LogP contribution >= 0.6 is 0 Å². The summed E-state index contributed by atoms with van der Waals surface area (Å²) in [6, 6.07) is 4.91. The molecule has 1 aliphatic heterocycles. The van der Waals surface area contributed by atoms with Crippen LogP contribution in [0.15, 0.2) is 41.1 Å². The maximum absolute atomic E-state index is 11.2. The van der Waals surface area contributed by atoms with E-state index in [0.29, 0.717) is 18.6 Å². The molecular weight excluding hydrogens is 328 g/mol. The highest BCUT2D eigenvalue weighted by Gasteiger charge is 2.23. The third-order valence-corrected chi connectivity index (χ3v) is 4.64. The number of nitrogens with zero attached hydrogens (tertiary/aromatic N) is 1. The van der Waals surface area contributed by atoms with Crippen molar-refractivity contribution in [2.75, 3.05) is 19.7 Å². The number of nitrogens with one attached hydrogen (secondary N) is 1. The predicted octanol–water partition coefficient (Wildman–Crippen LogP) is 4.20. The molecule has 0 amide bonds. The second-order valence-electron chi connectivity index (χ2n) is 6.08. The maximum atomic E-state index is 11.2. The van der Waals surface area contributed by atoms with Crippen LogP contribution in [-0.4, -0.2) is 36.1 Å². The van der Waals surface area contributed by atoms with Gasteiger partial charge in [-0.15, -0.1) is 0 Å². The van der Waals surface area contributed by atoms with E-state index in [9.17, 15) is 9.90 Å². The first-order valence-corrected chi connectivity index (χ1v) is 9.57. The van der Waals surface area contributed by atoms with E-state index in [2.05, 4.69) is 23.4 Å². The molecule has 0 unspecified atom stereocenters. The Labute approximate surface area is 156 Å². The number of carbonyl (C=O) groups excluding carboxylic acids is 1. The number of likely N-dealkylation sites (N-methyl/N-ethyl adjacent to an activating group) is 1. The van der Waals surface area contributed by atoms with Crippen LogP contribution in [0.1, 0.15) is 56.8 Å². The van der Waals surface area contributed by atoms with Gasteiger partial charge >= 0.3 is 0 Å². The fraction of sp³-hybridized carbons (Fsp3) is 0.476. The highest BCUT2D eigenvalue weighted by atomic mass is 16.5. The predicted molar refractivity (Wildman–Crippen MR) is 104 cm³/mol. The number of carbonyl (C=O) groups is 1. The van der Waals surface area contributed by atoms with E-state index >= 15 is 0 Å². The Morgan fingerprint density at radius 1 is 1.27 bits per heavy atom. The fourth-order valence-corrected chi connectivity index (χ4v) is 3.39. The lowest BCUT2D eigenvalue weighted by Gasteiger charge is -2.27. The maximum Gasteiger partial charge on any atom is 0.157 e. The lowest BCUT2D eigenvalue weighted by atomic mass is 9.90. The molecule has 0 radical (unpaired) electrons. The fourth-order valence-electron chi connectivity index (χ4n) is 3.39. The number of hydrazine groups is 1. The molecule has 0 saturated heterocycles. The van der Waals surface area contributed by atoms with Crippen molar-refractivity contribution in [2.24, 2.45) is 0 Å². The van der Waals surface area contributed by atoms with Gasteiger partial charge in [0, 0.05) is 13.1 Å². The summed E-state index contributed by atoms with van der Waals surface area (Å²) >= 11 is 0. The number of phenolic OH excluding ortho intramolecular Hbond substituents is 1. The monoisotopic (exact) mass is 358 g/mol. The molecule has 2 aliphatic rings. The largest absolute Gasteiger partial charge is 0.507 e. The molecule has 2 N–H and O–H groups in total. The molecule has 0 saturated carbocycles. The van der Waals surface area contributed by atoms with E-state index < -0.39 is 0 Å². The van der Waals surface area contributed by atoms with Gasteiger partial charge in [0.15, 0.2) is 6.29 Å². The molecular formula is C21H30N2O3. The summed E-state index contributed by atoms with van der Waals surface area (Å²) in [5.74, 6) is 0.397. The number of benzene rings is 1. The average Bonchev–Trinajstić information content (AvgIpc) is 3.17. The van der Waals surface area contributed by atoms with Gasteiger partial charge < -0.3 is 14.9 Å². The van der Waals surface area contributed by atoms with Crippen molar-refractivity contribution in [3.05, 3.63) is 46.7 Å². The summed E-state index contributed by atoms with van der Waals surface area (Å²) in [4.78, 5) is 11.2. The zero-order valence-corrected chi connectivity index (χ0v) is 16.0. The molecule has 26 heavy (non-hydrogen) atoms. The van der Waals surface area contributed by atoms with Crippen LogP contribution in [0.3, 0.4) is 0 Å². The Balaban J connectivity index is 0.00000117.